The van der Waals surface area contributed by atoms with Crippen LogP contribution in [0, 0.1) is 0 Å². The van der Waals surface area contributed by atoms with E-state index in [1.807, 2.05) is 19.1 Å². The molecule has 29 heavy (non-hydrogen) atoms. The normalized spacial score (nSPS) is 10.9. The zero-order valence-electron chi connectivity index (χ0n) is 15.7. The molecule has 0 saturated heterocycles. The number of carbonyl (C=O) groups is 1. The van der Waals surface area contributed by atoms with Gasteiger partial charge in [0.1, 0.15) is 5.75 Å². The lowest BCUT2D eigenvalue weighted by atomic mass is 10.1. The molecule has 0 atom stereocenters. The Bertz CT molecular complexity index is 1120. The monoisotopic (exact) mass is 393 g/mol. The van der Waals surface area contributed by atoms with Crippen LogP contribution in [0.2, 0.25) is 0 Å². The molecular weight excluding hydrogens is 374 g/mol. The number of rotatable bonds is 7. The molecule has 0 aliphatic rings. The van der Waals surface area contributed by atoms with Crippen LogP contribution in [0.1, 0.15) is 18.9 Å². The number of nitrogen functional groups attached to an aromatic ring is 1. The number of furan rings is 1. The Morgan fingerprint density at radius 2 is 2.03 bits per heavy atom. The number of hydrogen-bond donors (Lipinski definition) is 2. The van der Waals surface area contributed by atoms with E-state index in [0.29, 0.717) is 30.3 Å². The van der Waals surface area contributed by atoms with Crippen LogP contribution in [0.25, 0.3) is 17.4 Å². The summed E-state index contributed by atoms with van der Waals surface area (Å²) in [6.07, 6.45) is 2.74. The molecule has 1 aromatic carbocycles. The maximum absolute atomic E-state index is 11.8. The third kappa shape index (κ3) is 4.15. The molecule has 148 valence electrons. The zero-order valence-corrected chi connectivity index (χ0v) is 15.7. The summed E-state index contributed by atoms with van der Waals surface area (Å²) in [6.45, 7) is 2.68. The second kappa shape index (κ2) is 7.97. The first-order chi connectivity index (χ1) is 14.1. The van der Waals surface area contributed by atoms with E-state index >= 15 is 0 Å². The largest absolute Gasteiger partial charge is 0.461 e. The fourth-order valence-corrected chi connectivity index (χ4v) is 2.63. The number of ether oxygens (including phenoxy) is 1. The fourth-order valence-electron chi connectivity index (χ4n) is 2.63. The highest BCUT2D eigenvalue weighted by Gasteiger charge is 2.15. The number of nitrogens with zero attached hydrogens (tertiary/aromatic N) is 5. The van der Waals surface area contributed by atoms with Gasteiger partial charge in [-0.1, -0.05) is 19.1 Å². The number of hydrogen-bond acceptors (Lipinski definition) is 8. The summed E-state index contributed by atoms with van der Waals surface area (Å²) in [5.74, 6) is 1.66. The summed E-state index contributed by atoms with van der Waals surface area (Å²) in [5, 5.41) is 7.08. The molecule has 4 rings (SSSR count). The van der Waals surface area contributed by atoms with Gasteiger partial charge in [0.25, 0.3) is 5.78 Å². The number of amides is 1. The SMILES string of the molecule is CCCNC(=O)Cc1ccc(Oc2nc(N)n3nc(-c4ccco4)nc3n2)cc1. The van der Waals surface area contributed by atoms with Crippen LogP contribution in [0.5, 0.6) is 11.8 Å². The van der Waals surface area contributed by atoms with Crippen molar-refractivity contribution in [2.45, 2.75) is 19.8 Å². The molecule has 0 fully saturated rings. The predicted molar refractivity (Wildman–Crippen MR) is 104 cm³/mol. The lowest BCUT2D eigenvalue weighted by Crippen LogP contribution is -2.25. The molecule has 3 N–H and O–H groups in total. The number of nitrogens with one attached hydrogen (secondary N) is 1. The van der Waals surface area contributed by atoms with Crippen molar-refractivity contribution in [1.29, 1.82) is 0 Å². The minimum Gasteiger partial charge on any atom is -0.461 e. The summed E-state index contributed by atoms with van der Waals surface area (Å²) < 4.78 is 12.3. The van der Waals surface area contributed by atoms with Crippen LogP contribution in [0.3, 0.4) is 0 Å². The molecule has 0 bridgehead atoms. The Balaban J connectivity index is 1.49. The zero-order chi connectivity index (χ0) is 20.2. The van der Waals surface area contributed by atoms with E-state index in [9.17, 15) is 4.79 Å². The highest BCUT2D eigenvalue weighted by molar-refractivity contribution is 5.78. The van der Waals surface area contributed by atoms with E-state index < -0.39 is 0 Å². The molecule has 0 aliphatic carbocycles. The summed E-state index contributed by atoms with van der Waals surface area (Å²) in [4.78, 5) is 24.4. The quantitative estimate of drug-likeness (QED) is 0.488. The van der Waals surface area contributed by atoms with E-state index in [1.165, 1.54) is 10.8 Å². The third-order valence-electron chi connectivity index (χ3n) is 4.02. The van der Waals surface area contributed by atoms with Gasteiger partial charge in [0.2, 0.25) is 17.7 Å². The number of benzene rings is 1. The molecule has 10 nitrogen and oxygen atoms in total. The molecule has 10 heteroatoms. The van der Waals surface area contributed by atoms with Gasteiger partial charge in [-0.3, -0.25) is 4.79 Å². The lowest BCUT2D eigenvalue weighted by Gasteiger charge is -2.06. The first-order valence-electron chi connectivity index (χ1n) is 9.10. The third-order valence-corrected chi connectivity index (χ3v) is 4.02. The van der Waals surface area contributed by atoms with E-state index in [4.69, 9.17) is 14.9 Å². The second-order valence-corrected chi connectivity index (χ2v) is 6.26. The molecule has 1 amide bonds. The fraction of sp³-hybridized carbons (Fsp3) is 0.211. The van der Waals surface area contributed by atoms with Crippen LogP contribution in [0.15, 0.2) is 47.1 Å². The average molecular weight is 393 g/mol. The van der Waals surface area contributed by atoms with Crippen LogP contribution in [0.4, 0.5) is 5.95 Å². The predicted octanol–water partition coefficient (Wildman–Crippen LogP) is 2.22. The highest BCUT2D eigenvalue weighted by atomic mass is 16.5. The maximum Gasteiger partial charge on any atom is 0.328 e. The van der Waals surface area contributed by atoms with Gasteiger partial charge in [-0.2, -0.15) is 19.5 Å². The molecular formula is C19H19N7O3. The van der Waals surface area contributed by atoms with Crippen molar-refractivity contribution < 1.29 is 13.9 Å². The number of aromatic nitrogens is 5. The minimum absolute atomic E-state index is 0.0127. The van der Waals surface area contributed by atoms with Crippen LogP contribution >= 0.6 is 0 Å². The highest BCUT2D eigenvalue weighted by Crippen LogP contribution is 2.22. The lowest BCUT2D eigenvalue weighted by molar-refractivity contribution is -0.120. The molecule has 0 spiro atoms. The van der Waals surface area contributed by atoms with Gasteiger partial charge in [0.15, 0.2) is 5.76 Å². The van der Waals surface area contributed by atoms with Gasteiger partial charge in [0.05, 0.1) is 12.7 Å². The van der Waals surface area contributed by atoms with Crippen molar-refractivity contribution >= 4 is 17.6 Å². The van der Waals surface area contributed by atoms with Gasteiger partial charge in [-0.25, -0.2) is 0 Å². The summed E-state index contributed by atoms with van der Waals surface area (Å²) in [5.41, 5.74) is 6.83. The molecule has 0 radical (unpaired) electrons. The first kappa shape index (κ1) is 18.4. The molecule has 4 aromatic rings. The minimum atomic E-state index is -0.0127. The topological polar surface area (TPSA) is 133 Å². The van der Waals surface area contributed by atoms with Gasteiger partial charge in [-0.15, -0.1) is 5.10 Å². The molecule has 0 aliphatic heterocycles. The van der Waals surface area contributed by atoms with Gasteiger partial charge in [-0.05, 0) is 36.2 Å². The van der Waals surface area contributed by atoms with Crippen molar-refractivity contribution in [1.82, 2.24) is 29.9 Å². The van der Waals surface area contributed by atoms with Crippen LogP contribution in [-0.2, 0) is 11.2 Å². The van der Waals surface area contributed by atoms with E-state index in [0.717, 1.165) is 12.0 Å². The molecule has 3 aromatic heterocycles. The second-order valence-electron chi connectivity index (χ2n) is 6.26. The van der Waals surface area contributed by atoms with E-state index in [1.54, 1.807) is 24.3 Å². The number of fused-ring (bicyclic) bond motifs is 1. The van der Waals surface area contributed by atoms with Gasteiger partial charge < -0.3 is 20.2 Å². The van der Waals surface area contributed by atoms with Gasteiger partial charge >= 0.3 is 6.01 Å². The molecule has 0 saturated carbocycles. The Kier molecular flexibility index (Phi) is 5.06. The Labute approximate surface area is 165 Å². The summed E-state index contributed by atoms with van der Waals surface area (Å²) in [6, 6.07) is 10.6. The molecule has 3 heterocycles. The van der Waals surface area contributed by atoms with Crippen LogP contribution < -0.4 is 15.8 Å². The average Bonchev–Trinajstić information content (AvgIpc) is 3.37. The van der Waals surface area contributed by atoms with Crippen molar-refractivity contribution in [3.8, 4) is 23.3 Å². The Morgan fingerprint density at radius 3 is 2.76 bits per heavy atom. The van der Waals surface area contributed by atoms with Crippen LogP contribution in [-0.4, -0.2) is 37.0 Å². The summed E-state index contributed by atoms with van der Waals surface area (Å²) in [7, 11) is 0. The van der Waals surface area contributed by atoms with E-state index in [2.05, 4.69) is 25.4 Å². The van der Waals surface area contributed by atoms with E-state index in [-0.39, 0.29) is 23.6 Å². The van der Waals surface area contributed by atoms with Crippen molar-refractivity contribution in [3.05, 3.63) is 48.2 Å². The number of nitrogens with two attached hydrogens (primary N) is 1. The van der Waals surface area contributed by atoms with Crippen molar-refractivity contribution in [2.75, 3.05) is 12.3 Å². The van der Waals surface area contributed by atoms with Gasteiger partial charge in [0, 0.05) is 6.54 Å². The maximum atomic E-state index is 11.8. The van der Waals surface area contributed by atoms with Crippen molar-refractivity contribution in [3.63, 3.8) is 0 Å². The molecule has 0 unspecified atom stereocenters. The smallest absolute Gasteiger partial charge is 0.328 e. The summed E-state index contributed by atoms with van der Waals surface area (Å²) >= 11 is 0. The van der Waals surface area contributed by atoms with Crippen molar-refractivity contribution in [2.24, 2.45) is 0 Å². The first-order valence-corrected chi connectivity index (χ1v) is 9.10. The Hall–Kier alpha value is -3.95. The number of anilines is 1. The number of carbonyl (C=O) groups excluding carboxylic acids is 1. The standard InChI is InChI=1S/C19H19N7O3/c1-2-9-21-15(27)11-12-5-7-13(8-6-12)29-19-23-17(20)26-18(24-19)22-16(25-26)14-4-3-10-28-14/h3-8,10H,2,9,11H2,1H3,(H,21,27)(H2,20,22,23,24,25). The Morgan fingerprint density at radius 1 is 1.21 bits per heavy atom.